The minimum atomic E-state index is -1.57. The Morgan fingerprint density at radius 2 is 1.92 bits per heavy atom. The van der Waals surface area contributed by atoms with Crippen LogP contribution >= 0.6 is 0 Å². The number of ether oxygens (including phenoxy) is 4. The van der Waals surface area contributed by atoms with Crippen LogP contribution in [0.1, 0.15) is 38.2 Å². The first-order chi connectivity index (χ1) is 16.8. The average Bonchev–Trinajstić information content (AvgIpc) is 3.30. The van der Waals surface area contributed by atoms with Crippen molar-refractivity contribution in [3.8, 4) is 0 Å². The summed E-state index contributed by atoms with van der Waals surface area (Å²) in [5.41, 5.74) is -0.687. The third-order valence-corrected chi connectivity index (χ3v) is 7.44. The van der Waals surface area contributed by atoms with Crippen molar-refractivity contribution in [2.75, 3.05) is 38.1 Å². The molecule has 1 saturated heterocycles. The van der Waals surface area contributed by atoms with Crippen LogP contribution in [0.15, 0.2) is 30.3 Å². The Hall–Kier alpha value is -1.41. The zero-order valence-corrected chi connectivity index (χ0v) is 24.1. The van der Waals surface area contributed by atoms with Crippen molar-refractivity contribution in [2.45, 2.75) is 56.8 Å². The van der Waals surface area contributed by atoms with E-state index in [1.54, 1.807) is 6.92 Å². The molecule has 2 amide bonds. The molecule has 3 rings (SSSR count). The molecule has 0 radical (unpaired) electrons. The second-order valence-corrected chi connectivity index (χ2v) is 11.5. The number of carbonyl (C=O) groups excluding carboxylic acids is 3. The number of rotatable bonds is 12. The lowest BCUT2D eigenvalue weighted by atomic mass is 9.80. The predicted octanol–water partition coefficient (Wildman–Crippen LogP) is -1.49. The van der Waals surface area contributed by atoms with Crippen LogP contribution in [0.2, 0.25) is 0 Å². The molecule has 1 heterocycles. The lowest BCUT2D eigenvalue weighted by Crippen LogP contribution is -3.00. The number of nitrogens with one attached hydrogen (secondary N) is 2. The van der Waals surface area contributed by atoms with E-state index in [1.165, 1.54) is 0 Å². The Labute approximate surface area is 233 Å². The first-order valence-electron chi connectivity index (χ1n) is 12.0. The van der Waals surface area contributed by atoms with E-state index in [9.17, 15) is 14.4 Å². The second-order valence-electron chi connectivity index (χ2n) is 9.09. The van der Waals surface area contributed by atoms with E-state index in [4.69, 9.17) is 18.9 Å². The molecule has 1 aliphatic carbocycles. The molecule has 2 aliphatic rings. The van der Waals surface area contributed by atoms with Crippen LogP contribution in [0.5, 0.6) is 0 Å². The Morgan fingerprint density at radius 3 is 2.53 bits per heavy atom. The zero-order valence-electron chi connectivity index (χ0n) is 21.1. The molecule has 1 aromatic carbocycles. The smallest absolute Gasteiger partial charge is 0.311 e. The van der Waals surface area contributed by atoms with Crippen LogP contribution in [-0.2, 0) is 50.8 Å². The fraction of sp³-hybridized carbons (Fsp3) is 0.640. The number of carbonyl (C=O) groups is 3. The number of benzene rings is 1. The summed E-state index contributed by atoms with van der Waals surface area (Å²) in [5.74, 6) is -1.66. The summed E-state index contributed by atoms with van der Waals surface area (Å²) < 4.78 is 23.1. The third kappa shape index (κ3) is 8.04. The van der Waals surface area contributed by atoms with Crippen LogP contribution < -0.4 is 34.6 Å². The Kier molecular flexibility index (Phi) is 12.4. The van der Waals surface area contributed by atoms with E-state index in [0.717, 1.165) is 5.56 Å². The maximum atomic E-state index is 13.7. The molecule has 1 aliphatic heterocycles. The van der Waals surface area contributed by atoms with Crippen molar-refractivity contribution in [3.05, 3.63) is 35.9 Å². The van der Waals surface area contributed by atoms with E-state index in [2.05, 4.69) is 23.1 Å². The minimum absolute atomic E-state index is 0. The van der Waals surface area contributed by atoms with Crippen LogP contribution in [0.3, 0.4) is 0 Å². The molecule has 11 heteroatoms. The molecule has 202 valence electrons. The molecule has 0 aromatic heterocycles. The minimum Gasteiger partial charge on any atom is -1.00 e. The van der Waals surface area contributed by atoms with E-state index in [0.29, 0.717) is 51.1 Å². The van der Waals surface area contributed by atoms with Gasteiger partial charge in [-0.15, -0.1) is 0 Å². The van der Waals surface area contributed by atoms with Gasteiger partial charge < -0.3 is 53.6 Å². The highest BCUT2D eigenvalue weighted by Gasteiger charge is 2.50. The fourth-order valence-corrected chi connectivity index (χ4v) is 5.22. The molecule has 0 bridgehead atoms. The van der Waals surface area contributed by atoms with Gasteiger partial charge in [0.25, 0.3) is 5.91 Å². The Balaban J connectivity index is 0.00000456. The van der Waals surface area contributed by atoms with Gasteiger partial charge in [-0.25, -0.2) is 0 Å². The molecule has 3 atom stereocenters. The lowest BCUT2D eigenvalue weighted by molar-refractivity contribution is -0.200. The number of amides is 2. The van der Waals surface area contributed by atoms with Gasteiger partial charge in [0.05, 0.1) is 44.9 Å². The number of hydrogen-bond acceptors (Lipinski definition) is 7. The summed E-state index contributed by atoms with van der Waals surface area (Å²) in [6.45, 7) is 3.07. The molecule has 1 aromatic rings. The van der Waals surface area contributed by atoms with Crippen LogP contribution in [0.4, 0.5) is 0 Å². The van der Waals surface area contributed by atoms with Crippen molar-refractivity contribution in [2.24, 2.45) is 5.92 Å². The first-order valence-corrected chi connectivity index (χ1v) is 14.2. The van der Waals surface area contributed by atoms with Crippen LogP contribution in [0.25, 0.3) is 0 Å². The van der Waals surface area contributed by atoms with Gasteiger partial charge in [-0.1, -0.05) is 30.3 Å². The molecule has 2 fully saturated rings. The van der Waals surface area contributed by atoms with E-state index in [1.807, 2.05) is 30.3 Å². The van der Waals surface area contributed by atoms with Gasteiger partial charge in [-0.05, 0) is 29.8 Å². The third-order valence-electron chi connectivity index (χ3n) is 6.42. The normalized spacial score (nSPS) is 22.3. The van der Waals surface area contributed by atoms with Crippen LogP contribution in [-0.4, -0.2) is 73.9 Å². The first kappa shape index (κ1) is 30.8. The molecule has 2 N–H and O–H groups in total. The van der Waals surface area contributed by atoms with Crippen molar-refractivity contribution in [1.29, 1.82) is 0 Å². The number of halogens is 1. The van der Waals surface area contributed by atoms with Crippen molar-refractivity contribution in [3.63, 3.8) is 0 Å². The zero-order chi connectivity index (χ0) is 25.3. The van der Waals surface area contributed by atoms with Gasteiger partial charge in [0.2, 0.25) is 12.1 Å². The molecule has 9 nitrogen and oxygen atoms in total. The van der Waals surface area contributed by atoms with Crippen molar-refractivity contribution >= 4 is 29.2 Å². The quantitative estimate of drug-likeness (QED) is 0.0946. The Bertz CT molecular complexity index is 854. The average molecular weight is 637 g/mol. The SMILES string of the molecule is CCOC(=O)[C@H]1CC2(CC[C@@H]1NC(=O)[C@@](CC[S+](C)C)(NC=O)OCc1ccccc1)OCCO2.[I-]. The van der Waals surface area contributed by atoms with Crippen LogP contribution in [0, 0.1) is 5.92 Å². The van der Waals surface area contributed by atoms with Gasteiger partial charge in [-0.3, -0.25) is 14.4 Å². The fourth-order valence-electron chi connectivity index (χ4n) is 4.52. The monoisotopic (exact) mass is 636 g/mol. The van der Waals surface area contributed by atoms with Gasteiger partial charge >= 0.3 is 5.97 Å². The largest absolute Gasteiger partial charge is 1.00 e. The highest BCUT2D eigenvalue weighted by atomic mass is 127. The lowest BCUT2D eigenvalue weighted by Gasteiger charge is -2.41. The highest BCUT2D eigenvalue weighted by molar-refractivity contribution is 7.95. The van der Waals surface area contributed by atoms with E-state index in [-0.39, 0.29) is 48.1 Å². The summed E-state index contributed by atoms with van der Waals surface area (Å²) in [6.07, 6.45) is 6.24. The number of esters is 1. The van der Waals surface area contributed by atoms with Gasteiger partial charge in [0, 0.05) is 25.3 Å². The summed E-state index contributed by atoms with van der Waals surface area (Å²) in [4.78, 5) is 38.2. The Morgan fingerprint density at radius 1 is 1.22 bits per heavy atom. The molecule has 36 heavy (non-hydrogen) atoms. The summed E-state index contributed by atoms with van der Waals surface area (Å²) in [7, 11) is 0.0170. The van der Waals surface area contributed by atoms with Gasteiger partial charge in [0.15, 0.2) is 5.79 Å². The van der Waals surface area contributed by atoms with Gasteiger partial charge in [-0.2, -0.15) is 0 Å². The molecular formula is C25H37IN2O7S. The molecule has 1 spiro atoms. The van der Waals surface area contributed by atoms with Crippen molar-refractivity contribution < 1.29 is 57.3 Å². The maximum absolute atomic E-state index is 13.7. The van der Waals surface area contributed by atoms with E-state index < -0.39 is 35.3 Å². The molecule has 0 unspecified atom stereocenters. The van der Waals surface area contributed by atoms with Gasteiger partial charge in [0.1, 0.15) is 5.75 Å². The molecule has 1 saturated carbocycles. The highest BCUT2D eigenvalue weighted by Crippen LogP contribution is 2.39. The second kappa shape index (κ2) is 14.5. The summed E-state index contributed by atoms with van der Waals surface area (Å²) in [6, 6.07) is 8.96. The predicted molar refractivity (Wildman–Crippen MR) is 132 cm³/mol. The van der Waals surface area contributed by atoms with Crippen molar-refractivity contribution in [1.82, 2.24) is 10.6 Å². The summed E-state index contributed by atoms with van der Waals surface area (Å²) >= 11 is 0. The summed E-state index contributed by atoms with van der Waals surface area (Å²) in [5, 5.41) is 5.66. The topological polar surface area (TPSA) is 112 Å². The van der Waals surface area contributed by atoms with E-state index >= 15 is 0 Å². The standard InChI is InChI=1S/C25H36N2O7S.HI/c1-4-31-22(29)20-16-24(32-13-14-33-24)11-10-21(20)27-23(30)25(26-18-28,12-15-35(2)3)34-17-19-8-6-5-7-9-19;/h5-9,18,20-21H,4,10-17H2,1-3H3,(H-,26,27,28,30);1H/t20-,21-,25-;/m0./s1. The molecular weight excluding hydrogens is 599 g/mol. The maximum Gasteiger partial charge on any atom is 0.311 e. The number of hydrogen-bond donors (Lipinski definition) is 2.